The fraction of sp³-hybridized carbons (Fsp3) is 0.429. The van der Waals surface area contributed by atoms with E-state index in [1.165, 1.54) is 5.69 Å². The van der Waals surface area contributed by atoms with Gasteiger partial charge < -0.3 is 14.9 Å². The molecule has 1 aliphatic rings. The number of aromatic nitrogens is 3. The summed E-state index contributed by atoms with van der Waals surface area (Å²) in [5.74, 6) is 0.436. The van der Waals surface area contributed by atoms with Crippen molar-refractivity contribution in [3.05, 3.63) is 54.6 Å². The Morgan fingerprint density at radius 1 is 1.07 bits per heavy atom. The molecule has 0 saturated carbocycles. The minimum atomic E-state index is 0.0757. The molecule has 0 fully saturated rings. The highest BCUT2D eigenvalue weighted by atomic mass is 16.3. The smallest absolute Gasteiger partial charge is 0.114 e. The molecular weight excluding hydrogens is 338 g/mol. The van der Waals surface area contributed by atoms with Crippen LogP contribution in [0.15, 0.2) is 54.6 Å². The standard InChI is InChI=1S/C21H29N5O/c1-17-21(27)8-7-14-25(17)13-5-4-6-15-26-16-20(22-23-26)18-9-11-19(12-10-18)24(2)3/h7-12,14,16-17,27H,4-6,13,15H2,1-3H3. The van der Waals surface area contributed by atoms with E-state index in [4.69, 9.17) is 0 Å². The third-order valence-electron chi connectivity index (χ3n) is 4.99. The van der Waals surface area contributed by atoms with Crippen LogP contribution in [0, 0.1) is 0 Å². The van der Waals surface area contributed by atoms with Crippen LogP contribution in [0.5, 0.6) is 0 Å². The van der Waals surface area contributed by atoms with Crippen LogP contribution in [0.2, 0.25) is 0 Å². The summed E-state index contributed by atoms with van der Waals surface area (Å²) in [6.45, 7) is 3.85. The molecule has 144 valence electrons. The van der Waals surface area contributed by atoms with E-state index < -0.39 is 0 Å². The van der Waals surface area contributed by atoms with Gasteiger partial charge in [-0.25, -0.2) is 0 Å². The van der Waals surface area contributed by atoms with E-state index in [1.54, 1.807) is 6.08 Å². The predicted molar refractivity (Wildman–Crippen MR) is 110 cm³/mol. The Balaban J connectivity index is 1.42. The van der Waals surface area contributed by atoms with Crippen molar-refractivity contribution in [1.29, 1.82) is 0 Å². The van der Waals surface area contributed by atoms with Gasteiger partial charge in [-0.2, -0.15) is 0 Å². The Kier molecular flexibility index (Phi) is 6.16. The lowest BCUT2D eigenvalue weighted by Crippen LogP contribution is -2.32. The van der Waals surface area contributed by atoms with Gasteiger partial charge in [-0.1, -0.05) is 17.3 Å². The van der Waals surface area contributed by atoms with Gasteiger partial charge in [0.25, 0.3) is 0 Å². The summed E-state index contributed by atoms with van der Waals surface area (Å²) < 4.78 is 1.92. The predicted octanol–water partition coefficient (Wildman–Crippen LogP) is 3.84. The summed E-state index contributed by atoms with van der Waals surface area (Å²) in [5, 5.41) is 18.3. The number of anilines is 1. The van der Waals surface area contributed by atoms with Gasteiger partial charge in [-0.15, -0.1) is 5.10 Å². The molecule has 6 heteroatoms. The Bertz CT molecular complexity index is 791. The first-order valence-electron chi connectivity index (χ1n) is 9.55. The molecular formula is C21H29N5O. The van der Waals surface area contributed by atoms with Crippen molar-refractivity contribution in [3.63, 3.8) is 0 Å². The highest BCUT2D eigenvalue weighted by molar-refractivity contribution is 5.61. The Morgan fingerprint density at radius 2 is 1.81 bits per heavy atom. The summed E-state index contributed by atoms with van der Waals surface area (Å²) in [5.41, 5.74) is 3.17. The number of rotatable bonds is 8. The molecule has 2 heterocycles. The van der Waals surface area contributed by atoms with E-state index in [0.717, 1.165) is 43.6 Å². The third kappa shape index (κ3) is 4.90. The van der Waals surface area contributed by atoms with Gasteiger partial charge in [0.05, 0.1) is 12.2 Å². The minimum Gasteiger partial charge on any atom is -0.510 e. The van der Waals surface area contributed by atoms with E-state index in [9.17, 15) is 5.11 Å². The molecule has 2 aromatic rings. The van der Waals surface area contributed by atoms with Crippen molar-refractivity contribution >= 4 is 5.69 Å². The number of aliphatic hydroxyl groups excluding tert-OH is 1. The number of nitrogens with zero attached hydrogens (tertiary/aromatic N) is 5. The average molecular weight is 367 g/mol. The number of hydrogen-bond acceptors (Lipinski definition) is 5. The van der Waals surface area contributed by atoms with Gasteiger partial charge in [0.15, 0.2) is 0 Å². The number of benzene rings is 1. The fourth-order valence-corrected chi connectivity index (χ4v) is 3.17. The maximum Gasteiger partial charge on any atom is 0.114 e. The van der Waals surface area contributed by atoms with E-state index in [0.29, 0.717) is 5.76 Å². The van der Waals surface area contributed by atoms with Gasteiger partial charge >= 0.3 is 0 Å². The van der Waals surface area contributed by atoms with E-state index in [1.807, 2.05) is 38.0 Å². The number of hydrogen-bond donors (Lipinski definition) is 1. The van der Waals surface area contributed by atoms with Crippen LogP contribution in [-0.4, -0.2) is 51.7 Å². The fourth-order valence-electron chi connectivity index (χ4n) is 3.17. The molecule has 27 heavy (non-hydrogen) atoms. The maximum absolute atomic E-state index is 9.79. The lowest BCUT2D eigenvalue weighted by Gasteiger charge is -2.29. The van der Waals surface area contributed by atoms with Crippen LogP contribution < -0.4 is 4.90 Å². The Hall–Kier alpha value is -2.76. The number of unbranched alkanes of at least 4 members (excludes halogenated alkanes) is 2. The van der Waals surface area contributed by atoms with E-state index in [2.05, 4.69) is 50.6 Å². The number of aryl methyl sites for hydroxylation is 1. The van der Waals surface area contributed by atoms with E-state index >= 15 is 0 Å². The largest absolute Gasteiger partial charge is 0.510 e. The van der Waals surface area contributed by atoms with Crippen LogP contribution in [0.25, 0.3) is 11.3 Å². The van der Waals surface area contributed by atoms with Gasteiger partial charge in [0.1, 0.15) is 11.5 Å². The molecule has 0 spiro atoms. The second-order valence-corrected chi connectivity index (χ2v) is 7.22. The molecule has 0 amide bonds. The zero-order chi connectivity index (χ0) is 19.2. The first-order valence-corrected chi connectivity index (χ1v) is 9.55. The lowest BCUT2D eigenvalue weighted by molar-refractivity contribution is 0.236. The molecule has 1 N–H and O–H groups in total. The van der Waals surface area contributed by atoms with Gasteiger partial charge in [0.2, 0.25) is 0 Å². The molecule has 3 rings (SSSR count). The topological polar surface area (TPSA) is 57.4 Å². The molecule has 0 radical (unpaired) electrons. The minimum absolute atomic E-state index is 0.0757. The molecule has 6 nitrogen and oxygen atoms in total. The van der Waals surface area contributed by atoms with Crippen LogP contribution in [0.1, 0.15) is 26.2 Å². The quantitative estimate of drug-likeness (QED) is 0.719. The first kappa shape index (κ1) is 19.0. The first-order chi connectivity index (χ1) is 13.0. The molecule has 0 saturated heterocycles. The zero-order valence-corrected chi connectivity index (χ0v) is 16.4. The van der Waals surface area contributed by atoms with Crippen LogP contribution >= 0.6 is 0 Å². The van der Waals surface area contributed by atoms with Crippen molar-refractivity contribution in [1.82, 2.24) is 19.9 Å². The highest BCUT2D eigenvalue weighted by Crippen LogP contribution is 2.20. The third-order valence-corrected chi connectivity index (χ3v) is 4.99. The summed E-state index contributed by atoms with van der Waals surface area (Å²) in [4.78, 5) is 4.26. The maximum atomic E-state index is 9.79. The Morgan fingerprint density at radius 3 is 2.56 bits per heavy atom. The Labute approximate surface area is 161 Å². The van der Waals surface area contributed by atoms with Crippen molar-refractivity contribution < 1.29 is 5.11 Å². The average Bonchev–Trinajstić information content (AvgIpc) is 3.14. The van der Waals surface area contributed by atoms with Gasteiger partial charge in [-0.3, -0.25) is 4.68 Å². The van der Waals surface area contributed by atoms with Crippen LogP contribution in [0.3, 0.4) is 0 Å². The monoisotopic (exact) mass is 367 g/mol. The van der Waals surface area contributed by atoms with Crippen molar-refractivity contribution in [2.24, 2.45) is 0 Å². The van der Waals surface area contributed by atoms with Crippen LogP contribution in [0.4, 0.5) is 5.69 Å². The van der Waals surface area contributed by atoms with Crippen molar-refractivity contribution in [3.8, 4) is 11.3 Å². The molecule has 0 aliphatic carbocycles. The lowest BCUT2D eigenvalue weighted by atomic mass is 10.1. The molecule has 1 aliphatic heterocycles. The molecule has 1 unspecified atom stereocenters. The molecule has 0 bridgehead atoms. The number of aliphatic hydroxyl groups is 1. The summed E-state index contributed by atoms with van der Waals surface area (Å²) in [7, 11) is 4.07. The SMILES string of the molecule is CC1C(O)=CC=CN1CCCCCn1cc(-c2ccc(N(C)C)cc2)nn1. The summed E-state index contributed by atoms with van der Waals surface area (Å²) in [6.07, 6.45) is 11.0. The zero-order valence-electron chi connectivity index (χ0n) is 16.4. The van der Waals surface area contributed by atoms with Crippen LogP contribution in [-0.2, 0) is 6.54 Å². The van der Waals surface area contributed by atoms with E-state index in [-0.39, 0.29) is 6.04 Å². The van der Waals surface area contributed by atoms with Gasteiger partial charge in [0, 0.05) is 38.4 Å². The second kappa shape index (κ2) is 8.75. The normalized spacial score (nSPS) is 16.5. The second-order valence-electron chi connectivity index (χ2n) is 7.22. The highest BCUT2D eigenvalue weighted by Gasteiger charge is 2.15. The number of allylic oxidation sites excluding steroid dienone is 2. The molecule has 1 aromatic carbocycles. The molecule has 1 atom stereocenters. The molecule has 1 aromatic heterocycles. The van der Waals surface area contributed by atoms with Crippen molar-refractivity contribution in [2.45, 2.75) is 38.8 Å². The summed E-state index contributed by atoms with van der Waals surface area (Å²) in [6, 6.07) is 8.43. The summed E-state index contributed by atoms with van der Waals surface area (Å²) >= 11 is 0. The van der Waals surface area contributed by atoms with Crippen molar-refractivity contribution in [2.75, 3.05) is 25.5 Å². The van der Waals surface area contributed by atoms with Gasteiger partial charge in [-0.05, 0) is 56.7 Å².